The van der Waals surface area contributed by atoms with E-state index in [1.807, 2.05) is 6.92 Å². The predicted molar refractivity (Wildman–Crippen MR) is 72.2 cm³/mol. The first-order valence-corrected chi connectivity index (χ1v) is 7.73. The fourth-order valence-corrected chi connectivity index (χ4v) is 3.80. The van der Waals surface area contributed by atoms with E-state index in [1.165, 1.54) is 28.6 Å². The smallest absolute Gasteiger partial charge is 0.335 e. The molecule has 0 aromatic heterocycles. The Balaban J connectivity index is 2.31. The Morgan fingerprint density at radius 2 is 1.90 bits per heavy atom. The topological polar surface area (TPSA) is 83.9 Å². The van der Waals surface area contributed by atoms with Crippen molar-refractivity contribution in [3.05, 3.63) is 29.8 Å². The number of aromatic carboxylic acids is 1. The number of hydrogen-bond donors (Lipinski definition) is 1. The Hall–Kier alpha value is -1.44. The van der Waals surface area contributed by atoms with E-state index in [0.717, 1.165) is 0 Å². The zero-order valence-electron chi connectivity index (χ0n) is 11.3. The third kappa shape index (κ3) is 2.84. The molecule has 1 fully saturated rings. The highest BCUT2D eigenvalue weighted by Gasteiger charge is 2.34. The summed E-state index contributed by atoms with van der Waals surface area (Å²) in [5.74, 6) is -1.08. The summed E-state index contributed by atoms with van der Waals surface area (Å²) in [4.78, 5) is 10.9. The van der Waals surface area contributed by atoms with Gasteiger partial charge in [-0.05, 0) is 38.1 Å². The van der Waals surface area contributed by atoms with Crippen LogP contribution in [0.2, 0.25) is 0 Å². The van der Waals surface area contributed by atoms with Gasteiger partial charge >= 0.3 is 5.97 Å². The highest BCUT2D eigenvalue weighted by molar-refractivity contribution is 7.89. The van der Waals surface area contributed by atoms with E-state index in [0.29, 0.717) is 13.2 Å². The summed E-state index contributed by atoms with van der Waals surface area (Å²) in [7, 11) is -3.63. The second kappa shape index (κ2) is 5.51. The van der Waals surface area contributed by atoms with Gasteiger partial charge in [-0.3, -0.25) is 0 Å². The Labute approximate surface area is 118 Å². The van der Waals surface area contributed by atoms with Gasteiger partial charge in [0.25, 0.3) is 0 Å². The molecule has 0 radical (unpaired) electrons. The quantitative estimate of drug-likeness (QED) is 0.906. The van der Waals surface area contributed by atoms with E-state index in [-0.39, 0.29) is 22.6 Å². The normalized spacial score (nSPS) is 24.5. The number of sulfonamides is 1. The van der Waals surface area contributed by atoms with E-state index >= 15 is 0 Å². The van der Waals surface area contributed by atoms with Gasteiger partial charge < -0.3 is 9.84 Å². The molecule has 0 unspecified atom stereocenters. The molecule has 1 N–H and O–H groups in total. The minimum Gasteiger partial charge on any atom is -0.478 e. The van der Waals surface area contributed by atoms with Crippen LogP contribution in [-0.2, 0) is 14.8 Å². The summed E-state index contributed by atoms with van der Waals surface area (Å²) in [6, 6.07) is 5.00. The molecule has 20 heavy (non-hydrogen) atoms. The Kier molecular flexibility index (Phi) is 4.12. The summed E-state index contributed by atoms with van der Waals surface area (Å²) >= 11 is 0. The van der Waals surface area contributed by atoms with Gasteiger partial charge in [0.2, 0.25) is 10.0 Å². The molecule has 1 heterocycles. The fraction of sp³-hybridized carbons (Fsp3) is 0.462. The summed E-state index contributed by atoms with van der Waals surface area (Å²) in [6.07, 6.45) is -0.153. The van der Waals surface area contributed by atoms with E-state index in [1.54, 1.807) is 6.92 Å². The first-order valence-electron chi connectivity index (χ1n) is 6.29. The van der Waals surface area contributed by atoms with Crippen LogP contribution in [-0.4, -0.2) is 49.1 Å². The molecular formula is C13H17NO5S. The Bertz CT molecular complexity index is 596. The zero-order chi connectivity index (χ0) is 14.9. The van der Waals surface area contributed by atoms with Gasteiger partial charge in [-0.1, -0.05) is 0 Å². The molecule has 0 bridgehead atoms. The molecule has 1 aromatic carbocycles. The third-order valence-corrected chi connectivity index (χ3v) is 5.25. The van der Waals surface area contributed by atoms with Crippen LogP contribution in [0.1, 0.15) is 24.2 Å². The van der Waals surface area contributed by atoms with Crippen LogP contribution in [0.4, 0.5) is 0 Å². The van der Waals surface area contributed by atoms with Gasteiger partial charge in [-0.15, -0.1) is 0 Å². The van der Waals surface area contributed by atoms with Gasteiger partial charge in [-0.25, -0.2) is 13.2 Å². The van der Waals surface area contributed by atoms with Gasteiger partial charge in [0.15, 0.2) is 0 Å². The molecule has 7 heteroatoms. The molecule has 1 aromatic rings. The molecule has 1 aliphatic heterocycles. The van der Waals surface area contributed by atoms with Crippen molar-refractivity contribution in [2.75, 3.05) is 13.2 Å². The second-order valence-electron chi connectivity index (χ2n) is 4.90. The third-order valence-electron chi connectivity index (χ3n) is 3.26. The van der Waals surface area contributed by atoms with Crippen LogP contribution in [0.25, 0.3) is 0 Å². The maximum atomic E-state index is 12.5. The molecule has 6 nitrogen and oxygen atoms in total. The Morgan fingerprint density at radius 1 is 1.30 bits per heavy atom. The minimum atomic E-state index is -3.63. The molecule has 2 rings (SSSR count). The maximum absolute atomic E-state index is 12.5. The molecule has 0 aliphatic carbocycles. The van der Waals surface area contributed by atoms with Gasteiger partial charge in [-0.2, -0.15) is 4.31 Å². The standard InChI is InChI=1S/C13H17NO5S/c1-9-8-19-10(2)7-14(9)20(17,18)12-5-3-11(4-6-12)13(15)16/h3-6,9-10H,7-8H2,1-2H3,(H,15,16)/t9-,10+/m0/s1. The first-order chi connectivity index (χ1) is 9.32. The monoisotopic (exact) mass is 299 g/mol. The van der Waals surface area contributed by atoms with Gasteiger partial charge in [0, 0.05) is 12.6 Å². The highest BCUT2D eigenvalue weighted by atomic mass is 32.2. The average Bonchev–Trinajstić information content (AvgIpc) is 2.41. The molecule has 0 saturated carbocycles. The van der Waals surface area contributed by atoms with Crippen LogP contribution in [0.3, 0.4) is 0 Å². The first kappa shape index (κ1) is 15.0. The molecular weight excluding hydrogens is 282 g/mol. The fourth-order valence-electron chi connectivity index (χ4n) is 2.11. The SMILES string of the molecule is C[C@@H]1CN(S(=O)(=O)c2ccc(C(=O)O)cc2)[C@@H](C)CO1. The lowest BCUT2D eigenvalue weighted by Crippen LogP contribution is -2.50. The number of nitrogens with zero attached hydrogens (tertiary/aromatic N) is 1. The molecule has 1 saturated heterocycles. The van der Waals surface area contributed by atoms with E-state index in [2.05, 4.69) is 0 Å². The number of rotatable bonds is 3. The van der Waals surface area contributed by atoms with Crippen molar-refractivity contribution in [1.82, 2.24) is 4.31 Å². The van der Waals surface area contributed by atoms with Crippen LogP contribution in [0, 0.1) is 0 Å². The van der Waals surface area contributed by atoms with Crippen LogP contribution < -0.4 is 0 Å². The molecule has 110 valence electrons. The lowest BCUT2D eigenvalue weighted by atomic mass is 10.2. The summed E-state index contributed by atoms with van der Waals surface area (Å²) in [5, 5.41) is 8.83. The zero-order valence-corrected chi connectivity index (χ0v) is 12.1. The molecule has 0 spiro atoms. The number of hydrogen-bond acceptors (Lipinski definition) is 4. The Morgan fingerprint density at radius 3 is 2.45 bits per heavy atom. The molecule has 1 aliphatic rings. The summed E-state index contributed by atoms with van der Waals surface area (Å²) < 4.78 is 31.9. The van der Waals surface area contributed by atoms with Crippen molar-refractivity contribution >= 4 is 16.0 Å². The van der Waals surface area contributed by atoms with Crippen LogP contribution in [0.15, 0.2) is 29.2 Å². The van der Waals surface area contributed by atoms with E-state index < -0.39 is 16.0 Å². The highest BCUT2D eigenvalue weighted by Crippen LogP contribution is 2.22. The second-order valence-corrected chi connectivity index (χ2v) is 6.79. The average molecular weight is 299 g/mol. The van der Waals surface area contributed by atoms with E-state index in [4.69, 9.17) is 9.84 Å². The summed E-state index contributed by atoms with van der Waals surface area (Å²) in [6.45, 7) is 4.26. The van der Waals surface area contributed by atoms with Crippen molar-refractivity contribution in [2.24, 2.45) is 0 Å². The lowest BCUT2D eigenvalue weighted by molar-refractivity contribution is -0.0170. The number of carboxylic acids is 1. The van der Waals surface area contributed by atoms with Crippen LogP contribution >= 0.6 is 0 Å². The number of ether oxygens (including phenoxy) is 1. The van der Waals surface area contributed by atoms with Crippen molar-refractivity contribution in [3.63, 3.8) is 0 Å². The van der Waals surface area contributed by atoms with Gasteiger partial charge in [0.05, 0.1) is 23.2 Å². The summed E-state index contributed by atoms with van der Waals surface area (Å²) in [5.41, 5.74) is 0.0624. The number of carbonyl (C=O) groups is 1. The number of morpholine rings is 1. The van der Waals surface area contributed by atoms with Crippen molar-refractivity contribution < 1.29 is 23.1 Å². The van der Waals surface area contributed by atoms with Crippen LogP contribution in [0.5, 0.6) is 0 Å². The van der Waals surface area contributed by atoms with Crippen molar-refractivity contribution in [3.8, 4) is 0 Å². The minimum absolute atomic E-state index is 0.0624. The van der Waals surface area contributed by atoms with Crippen molar-refractivity contribution in [2.45, 2.75) is 30.9 Å². The lowest BCUT2D eigenvalue weighted by Gasteiger charge is -2.35. The molecule has 2 atom stereocenters. The molecule has 0 amide bonds. The van der Waals surface area contributed by atoms with E-state index in [9.17, 15) is 13.2 Å². The number of carboxylic acid groups (broad SMARTS) is 1. The largest absolute Gasteiger partial charge is 0.478 e. The van der Waals surface area contributed by atoms with Gasteiger partial charge in [0.1, 0.15) is 0 Å². The maximum Gasteiger partial charge on any atom is 0.335 e. The number of benzene rings is 1. The van der Waals surface area contributed by atoms with Crippen molar-refractivity contribution in [1.29, 1.82) is 0 Å². The predicted octanol–water partition coefficient (Wildman–Crippen LogP) is 1.18.